The summed E-state index contributed by atoms with van der Waals surface area (Å²) in [6, 6.07) is 3.25. The van der Waals surface area contributed by atoms with Crippen LogP contribution in [0.25, 0.3) is 0 Å². The van der Waals surface area contributed by atoms with Crippen molar-refractivity contribution >= 4 is 35.8 Å². The lowest BCUT2D eigenvalue weighted by atomic mass is 10.2. The molecule has 1 atom stereocenters. The normalized spacial score (nSPS) is 11.9. The maximum absolute atomic E-state index is 11.8. The maximum Gasteiger partial charge on any atom is 0.243 e. The van der Waals surface area contributed by atoms with E-state index in [1.165, 1.54) is 11.3 Å². The number of thiol groups is 1. The SMILES string of the molecule is CCCCNC(=O)[C@H](CS)NC(=O)Cc1cccs1. The molecule has 1 aromatic rings. The minimum atomic E-state index is -0.562. The third-order valence-electron chi connectivity index (χ3n) is 2.58. The molecule has 0 fully saturated rings. The number of amides is 2. The zero-order chi connectivity index (χ0) is 14.1. The number of carbonyl (C=O) groups is 2. The number of hydrogen-bond acceptors (Lipinski definition) is 4. The van der Waals surface area contributed by atoms with Crippen LogP contribution in [0.15, 0.2) is 17.5 Å². The van der Waals surface area contributed by atoms with Crippen molar-refractivity contribution in [1.29, 1.82) is 0 Å². The lowest BCUT2D eigenvalue weighted by Crippen LogP contribution is -2.48. The molecule has 0 saturated carbocycles. The molecule has 1 heterocycles. The zero-order valence-corrected chi connectivity index (χ0v) is 12.7. The Labute approximate surface area is 123 Å². The Hall–Kier alpha value is -1.01. The van der Waals surface area contributed by atoms with Gasteiger partial charge in [0, 0.05) is 17.2 Å². The summed E-state index contributed by atoms with van der Waals surface area (Å²) < 4.78 is 0. The van der Waals surface area contributed by atoms with E-state index in [0.717, 1.165) is 17.7 Å². The van der Waals surface area contributed by atoms with E-state index in [0.29, 0.717) is 18.7 Å². The monoisotopic (exact) mass is 300 g/mol. The minimum absolute atomic E-state index is 0.146. The molecule has 2 N–H and O–H groups in total. The van der Waals surface area contributed by atoms with Crippen LogP contribution in [0.5, 0.6) is 0 Å². The van der Waals surface area contributed by atoms with E-state index in [1.807, 2.05) is 17.5 Å². The second kappa shape index (κ2) is 8.98. The third-order valence-corrected chi connectivity index (χ3v) is 3.82. The molecule has 0 aliphatic carbocycles. The van der Waals surface area contributed by atoms with Gasteiger partial charge in [0.15, 0.2) is 0 Å². The highest BCUT2D eigenvalue weighted by molar-refractivity contribution is 7.80. The number of nitrogens with one attached hydrogen (secondary N) is 2. The lowest BCUT2D eigenvalue weighted by Gasteiger charge is -2.16. The predicted octanol–water partition coefficient (Wildman–Crippen LogP) is 1.62. The first-order valence-electron chi connectivity index (χ1n) is 6.37. The molecule has 4 nitrogen and oxygen atoms in total. The molecule has 106 valence electrons. The van der Waals surface area contributed by atoms with Crippen LogP contribution in [-0.2, 0) is 16.0 Å². The summed E-state index contributed by atoms with van der Waals surface area (Å²) in [5, 5.41) is 7.44. The summed E-state index contributed by atoms with van der Waals surface area (Å²) in [6.45, 7) is 2.70. The molecule has 0 bridgehead atoms. The molecule has 0 radical (unpaired) electrons. The van der Waals surface area contributed by atoms with Crippen LogP contribution in [0.3, 0.4) is 0 Å². The number of rotatable bonds is 8. The molecule has 1 aromatic heterocycles. The Balaban J connectivity index is 2.38. The Morgan fingerprint density at radius 2 is 2.26 bits per heavy atom. The van der Waals surface area contributed by atoms with Gasteiger partial charge < -0.3 is 10.6 Å². The van der Waals surface area contributed by atoms with Gasteiger partial charge in [-0.25, -0.2) is 0 Å². The number of carbonyl (C=O) groups excluding carboxylic acids is 2. The van der Waals surface area contributed by atoms with E-state index in [-0.39, 0.29) is 11.8 Å². The minimum Gasteiger partial charge on any atom is -0.354 e. The molecule has 0 saturated heterocycles. The van der Waals surface area contributed by atoms with Crippen molar-refractivity contribution in [2.45, 2.75) is 32.2 Å². The fraction of sp³-hybridized carbons (Fsp3) is 0.538. The molecular formula is C13H20N2O2S2. The van der Waals surface area contributed by atoms with Crippen LogP contribution in [-0.4, -0.2) is 30.2 Å². The Kier molecular flexibility index (Phi) is 7.59. The molecule has 1 rings (SSSR count). The first-order chi connectivity index (χ1) is 9.17. The van der Waals surface area contributed by atoms with E-state index < -0.39 is 6.04 Å². The van der Waals surface area contributed by atoms with Crippen LogP contribution in [0.4, 0.5) is 0 Å². The van der Waals surface area contributed by atoms with E-state index in [2.05, 4.69) is 30.2 Å². The van der Waals surface area contributed by atoms with Gasteiger partial charge in [-0.2, -0.15) is 12.6 Å². The summed E-state index contributed by atoms with van der Waals surface area (Å²) in [4.78, 5) is 24.6. The van der Waals surface area contributed by atoms with Gasteiger partial charge >= 0.3 is 0 Å². The Morgan fingerprint density at radius 1 is 1.47 bits per heavy atom. The van der Waals surface area contributed by atoms with E-state index in [1.54, 1.807) is 0 Å². The lowest BCUT2D eigenvalue weighted by molar-refractivity contribution is -0.128. The maximum atomic E-state index is 11.8. The standard InChI is InChI=1S/C13H20N2O2S2/c1-2-3-6-14-13(17)11(9-18)15-12(16)8-10-5-4-7-19-10/h4-5,7,11,18H,2-3,6,8-9H2,1H3,(H,14,17)(H,15,16)/t11-/m0/s1. The first kappa shape index (κ1) is 16.0. The van der Waals surface area contributed by atoms with Crippen LogP contribution in [0.2, 0.25) is 0 Å². The van der Waals surface area contributed by atoms with Gasteiger partial charge in [-0.1, -0.05) is 19.4 Å². The first-order valence-corrected chi connectivity index (χ1v) is 7.89. The van der Waals surface area contributed by atoms with E-state index in [4.69, 9.17) is 0 Å². The van der Waals surface area contributed by atoms with Crippen molar-refractivity contribution in [3.63, 3.8) is 0 Å². The van der Waals surface area contributed by atoms with Gasteiger partial charge in [-0.15, -0.1) is 11.3 Å². The third kappa shape index (κ3) is 6.11. The average molecular weight is 300 g/mol. The number of unbranched alkanes of at least 4 members (excludes halogenated alkanes) is 1. The molecule has 19 heavy (non-hydrogen) atoms. The Bertz CT molecular complexity index is 393. The highest BCUT2D eigenvalue weighted by atomic mass is 32.1. The molecule has 0 unspecified atom stereocenters. The van der Waals surface area contributed by atoms with Crippen molar-refractivity contribution in [1.82, 2.24) is 10.6 Å². The predicted molar refractivity (Wildman–Crippen MR) is 81.7 cm³/mol. The molecule has 6 heteroatoms. The van der Waals surface area contributed by atoms with Gasteiger partial charge in [0.1, 0.15) is 6.04 Å². The van der Waals surface area contributed by atoms with Crippen LogP contribution in [0, 0.1) is 0 Å². The highest BCUT2D eigenvalue weighted by Gasteiger charge is 2.18. The number of hydrogen-bond donors (Lipinski definition) is 3. The molecule has 0 spiro atoms. The van der Waals surface area contributed by atoms with Gasteiger partial charge in [-0.3, -0.25) is 9.59 Å². The number of thiophene rings is 1. The molecule has 0 aliphatic rings. The molecular weight excluding hydrogens is 280 g/mol. The van der Waals surface area contributed by atoms with Crippen LogP contribution in [0.1, 0.15) is 24.6 Å². The summed E-state index contributed by atoms with van der Waals surface area (Å²) in [5.74, 6) is -0.0103. The van der Waals surface area contributed by atoms with Gasteiger partial charge in [0.05, 0.1) is 6.42 Å². The van der Waals surface area contributed by atoms with Crippen LogP contribution < -0.4 is 10.6 Å². The molecule has 2 amide bonds. The second-order valence-corrected chi connectivity index (χ2v) is 5.60. The van der Waals surface area contributed by atoms with Crippen molar-refractivity contribution in [3.05, 3.63) is 22.4 Å². The van der Waals surface area contributed by atoms with E-state index in [9.17, 15) is 9.59 Å². The quantitative estimate of drug-likeness (QED) is 0.505. The summed E-state index contributed by atoms with van der Waals surface area (Å²) in [7, 11) is 0. The van der Waals surface area contributed by atoms with Crippen molar-refractivity contribution in [3.8, 4) is 0 Å². The average Bonchev–Trinajstić information content (AvgIpc) is 2.88. The fourth-order valence-electron chi connectivity index (χ4n) is 1.52. The van der Waals surface area contributed by atoms with Gasteiger partial charge in [0.25, 0.3) is 0 Å². The Morgan fingerprint density at radius 3 is 2.84 bits per heavy atom. The van der Waals surface area contributed by atoms with Gasteiger partial charge in [0.2, 0.25) is 11.8 Å². The van der Waals surface area contributed by atoms with Crippen molar-refractivity contribution in [2.75, 3.05) is 12.3 Å². The fourth-order valence-corrected chi connectivity index (χ4v) is 2.48. The summed E-state index contributed by atoms with van der Waals surface area (Å²) in [5.41, 5.74) is 0. The van der Waals surface area contributed by atoms with Crippen molar-refractivity contribution in [2.24, 2.45) is 0 Å². The topological polar surface area (TPSA) is 58.2 Å². The highest BCUT2D eigenvalue weighted by Crippen LogP contribution is 2.08. The van der Waals surface area contributed by atoms with Crippen molar-refractivity contribution < 1.29 is 9.59 Å². The summed E-state index contributed by atoms with van der Waals surface area (Å²) >= 11 is 5.65. The van der Waals surface area contributed by atoms with Crippen LogP contribution >= 0.6 is 24.0 Å². The smallest absolute Gasteiger partial charge is 0.243 e. The van der Waals surface area contributed by atoms with E-state index >= 15 is 0 Å². The largest absolute Gasteiger partial charge is 0.354 e. The zero-order valence-electron chi connectivity index (χ0n) is 11.0. The summed E-state index contributed by atoms with van der Waals surface area (Å²) in [6.07, 6.45) is 2.27. The second-order valence-electron chi connectivity index (χ2n) is 4.20. The molecule has 0 aromatic carbocycles. The molecule has 0 aliphatic heterocycles. The van der Waals surface area contributed by atoms with Gasteiger partial charge in [-0.05, 0) is 17.9 Å².